The summed E-state index contributed by atoms with van der Waals surface area (Å²) in [6, 6.07) is 15.2. The van der Waals surface area contributed by atoms with Crippen LogP contribution in [0.4, 0.5) is 0 Å². The van der Waals surface area contributed by atoms with Crippen LogP contribution in [-0.2, 0) is 19.1 Å². The summed E-state index contributed by atoms with van der Waals surface area (Å²) in [5.41, 5.74) is 3.15. The van der Waals surface area contributed by atoms with Gasteiger partial charge in [0.05, 0.1) is 18.1 Å². The third kappa shape index (κ3) is 6.07. The molecule has 1 aliphatic heterocycles. The van der Waals surface area contributed by atoms with Gasteiger partial charge in [-0.25, -0.2) is 4.79 Å². The average molecular weight is 585 g/mol. The van der Waals surface area contributed by atoms with Gasteiger partial charge in [0.15, 0.2) is 5.43 Å². The highest BCUT2D eigenvalue weighted by atomic mass is 16.5. The summed E-state index contributed by atoms with van der Waals surface area (Å²) in [4.78, 5) is 47.6. The Morgan fingerprint density at radius 2 is 1.72 bits per heavy atom. The maximum Gasteiger partial charge on any atom is 0.336 e. The van der Waals surface area contributed by atoms with Gasteiger partial charge in [0, 0.05) is 46.6 Å². The highest BCUT2D eigenvalue weighted by molar-refractivity contribution is 6.07. The number of allylic oxidation sites excluding steroid dienone is 1. The number of hydrogen-bond acceptors (Lipinski definition) is 8. The number of para-hydroxylation sites is 1. The van der Waals surface area contributed by atoms with Crippen LogP contribution in [0.3, 0.4) is 0 Å². The van der Waals surface area contributed by atoms with Crippen LogP contribution in [0.2, 0.25) is 0 Å². The molecule has 8 nitrogen and oxygen atoms in total. The van der Waals surface area contributed by atoms with Crippen molar-refractivity contribution in [2.24, 2.45) is 10.9 Å². The third-order valence-corrected chi connectivity index (χ3v) is 8.92. The number of rotatable bonds is 8. The van der Waals surface area contributed by atoms with Crippen molar-refractivity contribution in [1.29, 1.82) is 0 Å². The summed E-state index contributed by atoms with van der Waals surface area (Å²) in [5.74, 6) is -2.36. The quantitative estimate of drug-likeness (QED) is 0.291. The minimum atomic E-state index is -0.904. The lowest BCUT2D eigenvalue weighted by molar-refractivity contribution is -0.144. The molecule has 0 amide bonds. The summed E-state index contributed by atoms with van der Waals surface area (Å²) in [7, 11) is 3.39. The van der Waals surface area contributed by atoms with Crippen LogP contribution < -0.4 is 5.43 Å². The van der Waals surface area contributed by atoms with Crippen LogP contribution in [0.1, 0.15) is 63.0 Å². The molecule has 5 rings (SSSR count). The number of esters is 2. The molecule has 43 heavy (non-hydrogen) atoms. The first-order valence-electron chi connectivity index (χ1n) is 15.1. The second-order valence-electron chi connectivity index (χ2n) is 11.6. The van der Waals surface area contributed by atoms with Crippen molar-refractivity contribution in [3.63, 3.8) is 0 Å². The second kappa shape index (κ2) is 13.1. The average Bonchev–Trinajstić information content (AvgIpc) is 3.02. The largest absolute Gasteiger partial charge is 0.468 e. The fourth-order valence-electron chi connectivity index (χ4n) is 6.58. The Bertz CT molecular complexity index is 1630. The summed E-state index contributed by atoms with van der Waals surface area (Å²) in [6.45, 7) is 6.06. The van der Waals surface area contributed by atoms with E-state index in [2.05, 4.69) is 16.9 Å². The molecule has 2 unspecified atom stereocenters. The van der Waals surface area contributed by atoms with Gasteiger partial charge in [0.2, 0.25) is 0 Å². The Morgan fingerprint density at radius 3 is 2.42 bits per heavy atom. The first kappa shape index (κ1) is 30.4. The zero-order valence-electron chi connectivity index (χ0n) is 25.6. The second-order valence-corrected chi connectivity index (χ2v) is 11.6. The van der Waals surface area contributed by atoms with E-state index in [0.717, 1.165) is 18.4 Å². The number of aliphatic imine (C=N–C) groups is 1. The normalized spacial score (nSPS) is 19.4. The number of methoxy groups -OCH3 is 1. The van der Waals surface area contributed by atoms with Crippen LogP contribution in [0.25, 0.3) is 22.3 Å². The van der Waals surface area contributed by atoms with Gasteiger partial charge in [-0.1, -0.05) is 61.7 Å². The molecule has 2 heterocycles. The van der Waals surface area contributed by atoms with Gasteiger partial charge in [-0.2, -0.15) is 0 Å². The topological polar surface area (TPSA) is 98.4 Å². The molecule has 1 aliphatic carbocycles. The molecule has 1 fully saturated rings. The lowest BCUT2D eigenvalue weighted by Crippen LogP contribution is -2.38. The Kier molecular flexibility index (Phi) is 9.25. The summed E-state index contributed by atoms with van der Waals surface area (Å²) < 4.78 is 17.6. The maximum atomic E-state index is 13.8. The molecular weight excluding hydrogens is 544 g/mol. The predicted molar refractivity (Wildman–Crippen MR) is 167 cm³/mol. The molecule has 2 aromatic carbocycles. The van der Waals surface area contributed by atoms with E-state index in [9.17, 15) is 14.4 Å². The van der Waals surface area contributed by atoms with Crippen molar-refractivity contribution in [2.45, 2.75) is 64.8 Å². The number of nitrogens with zero attached hydrogens (tertiary/aromatic N) is 2. The van der Waals surface area contributed by atoms with E-state index in [-0.39, 0.29) is 17.6 Å². The van der Waals surface area contributed by atoms with Gasteiger partial charge in [-0.15, -0.1) is 0 Å². The van der Waals surface area contributed by atoms with E-state index in [1.54, 1.807) is 39.0 Å². The molecule has 226 valence electrons. The summed E-state index contributed by atoms with van der Waals surface area (Å²) in [5, 5.41) is 0.373. The molecule has 3 aromatic rings. The van der Waals surface area contributed by atoms with Crippen molar-refractivity contribution in [2.75, 3.05) is 27.3 Å². The van der Waals surface area contributed by atoms with Gasteiger partial charge < -0.3 is 18.8 Å². The SMILES string of the molecule is COC(=O)C1C(C)=NC(C)=C(C(=O)OCCN(C)C2CCCCC2)C1c1cccc2c(=O)c(C)c(-c3ccccc3)oc12. The van der Waals surface area contributed by atoms with Gasteiger partial charge in [-0.3, -0.25) is 14.6 Å². The Hall–Kier alpha value is -4.04. The number of likely N-dealkylation sites (N-methyl/N-ethyl adjacent to an activating group) is 1. The van der Waals surface area contributed by atoms with E-state index in [0.29, 0.717) is 51.9 Å². The molecule has 2 aliphatic rings. The smallest absolute Gasteiger partial charge is 0.336 e. The first-order chi connectivity index (χ1) is 20.7. The third-order valence-electron chi connectivity index (χ3n) is 8.92. The zero-order chi connectivity index (χ0) is 30.7. The lowest BCUT2D eigenvalue weighted by Gasteiger charge is -2.32. The van der Waals surface area contributed by atoms with E-state index >= 15 is 0 Å². The van der Waals surface area contributed by atoms with Crippen molar-refractivity contribution in [1.82, 2.24) is 4.90 Å². The molecule has 8 heteroatoms. The molecule has 1 saturated carbocycles. The standard InChI is InChI=1S/C35H40N2O6/c1-21-31(38)27-18-12-17-26(33(27)43-32(21)24-13-8-6-9-14-24)30-28(34(39)41-5)22(2)36-23(3)29(30)35(40)42-20-19-37(4)25-15-10-7-11-16-25/h6,8-9,12-14,17-18,25,28,30H,7,10-11,15-16,19-20H2,1-5H3. The van der Waals surface area contributed by atoms with E-state index in [1.165, 1.54) is 26.4 Å². The molecule has 0 radical (unpaired) electrons. The van der Waals surface area contributed by atoms with E-state index in [4.69, 9.17) is 13.9 Å². The molecule has 0 spiro atoms. The first-order valence-corrected chi connectivity index (χ1v) is 15.1. The Labute approximate surface area is 252 Å². The molecule has 1 aromatic heterocycles. The van der Waals surface area contributed by atoms with Crippen LogP contribution in [0.5, 0.6) is 0 Å². The number of hydrogen-bond donors (Lipinski definition) is 0. The fourth-order valence-corrected chi connectivity index (χ4v) is 6.58. The van der Waals surface area contributed by atoms with Crippen molar-refractivity contribution < 1.29 is 23.5 Å². The Morgan fingerprint density at radius 1 is 1.00 bits per heavy atom. The van der Waals surface area contributed by atoms with E-state index < -0.39 is 23.8 Å². The number of carbonyl (C=O) groups excluding carboxylic acids is 2. The van der Waals surface area contributed by atoms with E-state index in [1.807, 2.05) is 30.3 Å². The molecule has 0 N–H and O–H groups in total. The van der Waals surface area contributed by atoms with Gasteiger partial charge in [-0.05, 0) is 46.7 Å². The fraction of sp³-hybridized carbons (Fsp3) is 0.429. The van der Waals surface area contributed by atoms with Crippen LogP contribution >= 0.6 is 0 Å². The van der Waals surface area contributed by atoms with Crippen molar-refractivity contribution in [3.05, 3.63) is 81.2 Å². The maximum absolute atomic E-state index is 13.8. The monoisotopic (exact) mass is 584 g/mol. The van der Waals surface area contributed by atoms with Gasteiger partial charge in [0.25, 0.3) is 0 Å². The van der Waals surface area contributed by atoms with Crippen LogP contribution in [0, 0.1) is 12.8 Å². The van der Waals surface area contributed by atoms with Crippen LogP contribution in [-0.4, -0.2) is 55.9 Å². The molecule has 2 atom stereocenters. The van der Waals surface area contributed by atoms with Crippen molar-refractivity contribution >= 4 is 28.6 Å². The molecule has 0 saturated heterocycles. The number of ether oxygens (including phenoxy) is 2. The number of fused-ring (bicyclic) bond motifs is 1. The lowest BCUT2D eigenvalue weighted by atomic mass is 9.75. The van der Waals surface area contributed by atoms with Crippen LogP contribution in [0.15, 0.2) is 74.0 Å². The number of benzene rings is 2. The highest BCUT2D eigenvalue weighted by Gasteiger charge is 2.43. The minimum absolute atomic E-state index is 0.173. The van der Waals surface area contributed by atoms with Gasteiger partial charge in [0.1, 0.15) is 23.9 Å². The molecule has 0 bridgehead atoms. The highest BCUT2D eigenvalue weighted by Crippen LogP contribution is 2.43. The van der Waals surface area contributed by atoms with Gasteiger partial charge >= 0.3 is 11.9 Å². The number of carbonyl (C=O) groups is 2. The van der Waals surface area contributed by atoms with Crippen molar-refractivity contribution in [3.8, 4) is 11.3 Å². The summed E-state index contributed by atoms with van der Waals surface area (Å²) in [6.07, 6.45) is 6.03. The minimum Gasteiger partial charge on any atom is -0.468 e. The molecular formula is C35H40N2O6. The predicted octanol–water partition coefficient (Wildman–Crippen LogP) is 6.20. The zero-order valence-corrected chi connectivity index (χ0v) is 25.6. The Balaban J connectivity index is 1.57. The summed E-state index contributed by atoms with van der Waals surface area (Å²) >= 11 is 0.